The van der Waals surface area contributed by atoms with Crippen molar-refractivity contribution in [2.75, 3.05) is 0 Å². The Balaban J connectivity index is 0.000000771. The van der Waals surface area contributed by atoms with Gasteiger partial charge in [-0.1, -0.05) is 101 Å². The number of nitrogens with one attached hydrogen (secondary N) is 1. The number of hydrogen-bond donors (Lipinski definition) is 2. The number of carbonyl (C=O) groups excluding carboxylic acids is 1. The first-order chi connectivity index (χ1) is 18.4. The van der Waals surface area contributed by atoms with Gasteiger partial charge in [0.05, 0.1) is 25.5 Å². The Morgan fingerprint density at radius 3 is 1.44 bits per heavy atom. The maximum atomic E-state index is 13.5. The monoisotopic (exact) mass is 644 g/mol. The molecule has 0 fully saturated rings. The molecule has 4 rings (SSSR count). The average Bonchev–Trinajstić information content (AvgIpc) is 2.89. The second-order valence-electron chi connectivity index (χ2n) is 7.76. The Morgan fingerprint density at radius 1 is 0.718 bits per heavy atom. The molecule has 0 saturated heterocycles. The van der Waals surface area contributed by atoms with Crippen molar-refractivity contribution in [3.8, 4) is 0 Å². The van der Waals surface area contributed by atoms with E-state index in [4.69, 9.17) is 65.0 Å². The van der Waals surface area contributed by atoms with Crippen LogP contribution in [0.3, 0.4) is 0 Å². The van der Waals surface area contributed by atoms with Crippen LogP contribution in [0.2, 0.25) is 10.0 Å². The third-order valence-electron chi connectivity index (χ3n) is 5.35. The van der Waals surface area contributed by atoms with Crippen LogP contribution < -0.4 is 35.2 Å². The lowest BCUT2D eigenvalue weighted by Crippen LogP contribution is -2.58. The summed E-state index contributed by atoms with van der Waals surface area (Å²) < 4.78 is 32.7. The predicted octanol–water partition coefficient (Wildman–Crippen LogP) is 3.20. The van der Waals surface area contributed by atoms with Crippen molar-refractivity contribution in [2.24, 2.45) is 0 Å². The third kappa shape index (κ3) is 8.16. The Kier molecular flexibility index (Phi) is 11.2. The van der Waals surface area contributed by atoms with Crippen LogP contribution >= 0.6 is 53.7 Å². The highest BCUT2D eigenvalue weighted by atomic mass is 35.7. The van der Waals surface area contributed by atoms with E-state index in [2.05, 4.69) is 5.32 Å². The number of hydrogen-bond acceptors (Lipinski definition) is 5. The highest BCUT2D eigenvalue weighted by Crippen LogP contribution is 2.63. The van der Waals surface area contributed by atoms with Crippen LogP contribution in [0.4, 0.5) is 0 Å². The topological polar surface area (TPSA) is 119 Å². The summed E-state index contributed by atoms with van der Waals surface area (Å²) in [5.74, 6) is -0.428. The van der Waals surface area contributed by atoms with Crippen molar-refractivity contribution in [1.29, 1.82) is 0 Å². The molecule has 202 valence electrons. The van der Waals surface area contributed by atoms with Gasteiger partial charge >= 0.3 is 0 Å². The Bertz CT molecular complexity index is 1330. The van der Waals surface area contributed by atoms with Crippen LogP contribution in [0.15, 0.2) is 119 Å². The SMILES string of the molecule is O=C(NC(=C(Cl)Cl)[P+](c1ccccc1)(c1ccccc1)c1ccccc1)c1ccc(Cl)cc1Cl.[O-][Cl+3]([O-])([O-])O. The predicted molar refractivity (Wildman–Crippen MR) is 150 cm³/mol. The second-order valence-corrected chi connectivity index (χ2v) is 13.7. The molecule has 0 aliphatic rings. The molecule has 12 heteroatoms. The lowest BCUT2D eigenvalue weighted by atomic mass is 10.2. The van der Waals surface area contributed by atoms with Gasteiger partial charge in [-0.15, -0.1) is 0 Å². The van der Waals surface area contributed by atoms with Gasteiger partial charge in [-0.05, 0) is 54.6 Å². The van der Waals surface area contributed by atoms with Gasteiger partial charge in [-0.25, -0.2) is 0 Å². The molecule has 4 aromatic carbocycles. The van der Waals surface area contributed by atoms with Crippen LogP contribution in [0.1, 0.15) is 10.4 Å². The van der Waals surface area contributed by atoms with Crippen molar-refractivity contribution < 1.29 is 33.7 Å². The lowest BCUT2D eigenvalue weighted by Gasteiger charge is -2.29. The normalized spacial score (nSPS) is 11.2. The number of halogens is 5. The van der Waals surface area contributed by atoms with E-state index in [9.17, 15) is 4.79 Å². The molecule has 0 aromatic heterocycles. The van der Waals surface area contributed by atoms with E-state index in [0.29, 0.717) is 10.5 Å². The van der Waals surface area contributed by atoms with Gasteiger partial charge in [0.15, 0.2) is 11.8 Å². The summed E-state index contributed by atoms with van der Waals surface area (Å²) in [7, 11) is -7.40. The minimum Gasteiger partial charge on any atom is -0.290 e. The maximum absolute atomic E-state index is 13.5. The van der Waals surface area contributed by atoms with Crippen molar-refractivity contribution in [3.05, 3.63) is 135 Å². The first-order valence-corrected chi connectivity index (χ1v) is 15.5. The molecular weight excluding hydrogens is 627 g/mol. The molecule has 0 bridgehead atoms. The van der Waals surface area contributed by atoms with E-state index >= 15 is 0 Å². The molecule has 0 heterocycles. The number of carbonyl (C=O) groups is 1. The molecule has 39 heavy (non-hydrogen) atoms. The van der Waals surface area contributed by atoms with Crippen LogP contribution in [0.25, 0.3) is 0 Å². The molecule has 2 N–H and O–H groups in total. The lowest BCUT2D eigenvalue weighted by molar-refractivity contribution is -1.92. The Labute approximate surface area is 248 Å². The number of benzene rings is 4. The van der Waals surface area contributed by atoms with E-state index in [0.717, 1.165) is 15.9 Å². The number of amides is 1. The molecule has 0 saturated carbocycles. The smallest absolute Gasteiger partial charge is 0.259 e. The third-order valence-corrected chi connectivity index (χ3v) is 10.8. The molecule has 0 spiro atoms. The summed E-state index contributed by atoms with van der Waals surface area (Å²) in [4.78, 5) is 13.5. The highest BCUT2D eigenvalue weighted by molar-refractivity contribution is 7.99. The molecule has 0 aliphatic carbocycles. The van der Waals surface area contributed by atoms with E-state index in [1.807, 2.05) is 91.0 Å². The Morgan fingerprint density at radius 2 is 1.10 bits per heavy atom. The average molecular weight is 647 g/mol. The van der Waals surface area contributed by atoms with Gasteiger partial charge < -0.3 is 0 Å². The molecule has 6 nitrogen and oxygen atoms in total. The molecule has 0 aliphatic heterocycles. The maximum Gasteiger partial charge on any atom is 0.259 e. The van der Waals surface area contributed by atoms with Crippen molar-refractivity contribution in [2.45, 2.75) is 0 Å². The van der Waals surface area contributed by atoms with E-state index in [-0.39, 0.29) is 15.1 Å². The van der Waals surface area contributed by atoms with Gasteiger partial charge in [-0.2, -0.15) is 14.0 Å². The summed E-state index contributed by atoms with van der Waals surface area (Å²) in [5.41, 5.74) is 0.695. The van der Waals surface area contributed by atoms with Crippen LogP contribution in [0.5, 0.6) is 0 Å². The molecule has 1 amide bonds. The first kappa shape index (κ1) is 31.3. The van der Waals surface area contributed by atoms with E-state index < -0.39 is 23.4 Å². The highest BCUT2D eigenvalue weighted by Gasteiger charge is 2.52. The molecule has 0 unspecified atom stereocenters. The summed E-state index contributed by atoms with van der Waals surface area (Å²) in [6, 6.07) is 34.6. The first-order valence-electron chi connectivity index (χ1n) is 11.0. The standard InChI is InChI=1S/C27H18Cl4NOP.ClHO4/c28-19-16-17-23(24(29)18-19)26(33)32-27(25(30)31)34(20-10-4-1-5-11-20,21-12-6-2-7-13-21)22-14-8-3-9-15-22;2-1(3,4)5/h1-18H;(H,2,3,4,5)/p+1. The summed E-state index contributed by atoms with van der Waals surface area (Å²) in [6.45, 7) is 0. The molecular formula is C27H20Cl5NO5P+. The van der Waals surface area contributed by atoms with Gasteiger partial charge in [0, 0.05) is 5.02 Å². The van der Waals surface area contributed by atoms with Crippen LogP contribution in [0, 0.1) is 10.2 Å². The quantitative estimate of drug-likeness (QED) is 0.312. The fourth-order valence-corrected chi connectivity index (χ4v) is 9.29. The van der Waals surface area contributed by atoms with Crippen LogP contribution in [-0.4, -0.2) is 10.6 Å². The van der Waals surface area contributed by atoms with Crippen LogP contribution in [-0.2, 0) is 0 Å². The van der Waals surface area contributed by atoms with Crippen molar-refractivity contribution in [3.63, 3.8) is 0 Å². The van der Waals surface area contributed by atoms with Gasteiger partial charge in [-0.3, -0.25) is 10.1 Å². The minimum absolute atomic E-state index is 0.0247. The minimum atomic E-state index is -4.69. The molecule has 0 atom stereocenters. The van der Waals surface area contributed by atoms with Gasteiger partial charge in [0.2, 0.25) is 5.44 Å². The fraction of sp³-hybridized carbons (Fsp3) is 0. The zero-order valence-electron chi connectivity index (χ0n) is 19.8. The molecule has 0 radical (unpaired) electrons. The fourth-order valence-electron chi connectivity index (χ4n) is 3.90. The van der Waals surface area contributed by atoms with Crippen molar-refractivity contribution in [1.82, 2.24) is 5.32 Å². The summed E-state index contributed by atoms with van der Waals surface area (Å²) in [6.07, 6.45) is 0. The van der Waals surface area contributed by atoms with Crippen molar-refractivity contribution >= 4 is 75.5 Å². The number of rotatable bonds is 6. The van der Waals surface area contributed by atoms with E-state index in [1.54, 1.807) is 12.1 Å². The van der Waals surface area contributed by atoms with Gasteiger partial charge in [0.25, 0.3) is 5.91 Å². The van der Waals surface area contributed by atoms with Gasteiger partial charge in [0.1, 0.15) is 15.9 Å². The summed E-state index contributed by atoms with van der Waals surface area (Å²) >= 11 is 25.5. The Hall–Kier alpha value is -2.19. The van der Waals surface area contributed by atoms with E-state index in [1.165, 1.54) is 6.07 Å². The summed E-state index contributed by atoms with van der Waals surface area (Å²) in [5, 5.41) is 6.67. The zero-order chi connectivity index (χ0) is 28.6. The zero-order valence-corrected chi connectivity index (χ0v) is 24.5. The second kappa shape index (κ2) is 13.9. The molecule has 4 aromatic rings. The largest absolute Gasteiger partial charge is 0.290 e.